The van der Waals surface area contributed by atoms with Crippen molar-refractivity contribution in [2.75, 3.05) is 18.2 Å². The Morgan fingerprint density at radius 3 is 2.95 bits per heavy atom. The van der Waals surface area contributed by atoms with Crippen molar-refractivity contribution in [3.8, 4) is 0 Å². The van der Waals surface area contributed by atoms with Crippen molar-refractivity contribution in [3.05, 3.63) is 42.0 Å². The lowest BCUT2D eigenvalue weighted by atomic mass is 10.1. The van der Waals surface area contributed by atoms with Gasteiger partial charge in [0.1, 0.15) is 5.82 Å². The molecule has 0 fully saturated rings. The van der Waals surface area contributed by atoms with Gasteiger partial charge in [0, 0.05) is 19.4 Å². The van der Waals surface area contributed by atoms with E-state index in [-0.39, 0.29) is 5.97 Å². The molecule has 0 atom stereocenters. The van der Waals surface area contributed by atoms with Crippen molar-refractivity contribution in [3.63, 3.8) is 0 Å². The Morgan fingerprint density at radius 1 is 1.53 bits per heavy atom. The molecule has 0 bridgehead atoms. The highest BCUT2D eigenvalue weighted by Crippen LogP contribution is 2.21. The van der Waals surface area contributed by atoms with Gasteiger partial charge < -0.3 is 20.4 Å². The molecule has 0 aliphatic carbocycles. The molecule has 1 aromatic heterocycles. The summed E-state index contributed by atoms with van der Waals surface area (Å²) in [6.07, 6.45) is 3.59. The van der Waals surface area contributed by atoms with Crippen LogP contribution in [0.5, 0.6) is 0 Å². The van der Waals surface area contributed by atoms with E-state index in [4.69, 9.17) is 5.73 Å². The predicted octanol–water partition coefficient (Wildman–Crippen LogP) is 1.40. The number of methoxy groups -OCH3 is 1. The van der Waals surface area contributed by atoms with Gasteiger partial charge in [-0.1, -0.05) is 0 Å². The molecule has 0 saturated carbocycles. The van der Waals surface area contributed by atoms with Gasteiger partial charge in [0.2, 0.25) is 0 Å². The summed E-state index contributed by atoms with van der Waals surface area (Å²) in [5.41, 5.74) is 7.58. The van der Waals surface area contributed by atoms with Gasteiger partial charge in [0.05, 0.1) is 30.6 Å². The zero-order chi connectivity index (χ0) is 13.8. The number of ether oxygens (including phenoxy) is 1. The number of hydrogen-bond acceptors (Lipinski definition) is 5. The number of nitrogens with one attached hydrogen (secondary N) is 1. The van der Waals surface area contributed by atoms with Crippen LogP contribution in [0.25, 0.3) is 0 Å². The summed E-state index contributed by atoms with van der Waals surface area (Å²) in [4.78, 5) is 15.7. The summed E-state index contributed by atoms with van der Waals surface area (Å²) in [6.45, 7) is 0.526. The summed E-state index contributed by atoms with van der Waals surface area (Å²) in [5, 5.41) is 3.16. The van der Waals surface area contributed by atoms with Crippen LogP contribution in [-0.2, 0) is 18.3 Å². The van der Waals surface area contributed by atoms with Gasteiger partial charge >= 0.3 is 5.97 Å². The van der Waals surface area contributed by atoms with Crippen molar-refractivity contribution >= 4 is 17.3 Å². The standard InChI is InChI=1S/C13H16N4O2/c1-17-6-5-15-12(17)8-16-11-7-9(13(18)19-2)3-4-10(11)14/h3-7,16H,8,14H2,1-2H3. The minimum absolute atomic E-state index is 0.389. The quantitative estimate of drug-likeness (QED) is 0.641. The Bertz CT molecular complexity index is 592. The lowest BCUT2D eigenvalue weighted by Crippen LogP contribution is -2.09. The number of benzene rings is 1. The van der Waals surface area contributed by atoms with E-state index in [1.807, 2.05) is 17.8 Å². The Kier molecular flexibility index (Phi) is 3.70. The highest BCUT2D eigenvalue weighted by atomic mass is 16.5. The van der Waals surface area contributed by atoms with E-state index in [2.05, 4.69) is 15.0 Å². The van der Waals surface area contributed by atoms with E-state index >= 15 is 0 Å². The van der Waals surface area contributed by atoms with Crippen LogP contribution < -0.4 is 11.1 Å². The number of carbonyl (C=O) groups excluding carboxylic acids is 1. The number of aromatic nitrogens is 2. The zero-order valence-corrected chi connectivity index (χ0v) is 10.9. The van der Waals surface area contributed by atoms with Crippen LogP contribution >= 0.6 is 0 Å². The molecular formula is C13H16N4O2. The van der Waals surface area contributed by atoms with Crippen molar-refractivity contribution < 1.29 is 9.53 Å². The molecule has 0 unspecified atom stereocenters. The zero-order valence-electron chi connectivity index (χ0n) is 10.9. The van der Waals surface area contributed by atoms with Crippen molar-refractivity contribution in [1.29, 1.82) is 0 Å². The molecule has 1 aromatic carbocycles. The van der Waals surface area contributed by atoms with E-state index in [0.717, 1.165) is 5.82 Å². The fourth-order valence-corrected chi connectivity index (χ4v) is 1.70. The number of esters is 1. The Hall–Kier alpha value is -2.50. The minimum Gasteiger partial charge on any atom is -0.465 e. The molecule has 2 rings (SSSR count). The Labute approximate surface area is 111 Å². The van der Waals surface area contributed by atoms with E-state index in [1.54, 1.807) is 24.4 Å². The first-order valence-electron chi connectivity index (χ1n) is 5.79. The second-order valence-corrected chi connectivity index (χ2v) is 4.10. The Morgan fingerprint density at radius 2 is 2.32 bits per heavy atom. The predicted molar refractivity (Wildman–Crippen MR) is 72.7 cm³/mol. The second kappa shape index (κ2) is 5.43. The summed E-state index contributed by atoms with van der Waals surface area (Å²) in [7, 11) is 3.26. The maximum Gasteiger partial charge on any atom is 0.337 e. The summed E-state index contributed by atoms with van der Waals surface area (Å²) in [6, 6.07) is 4.98. The van der Waals surface area contributed by atoms with Crippen molar-refractivity contribution in [1.82, 2.24) is 9.55 Å². The summed E-state index contributed by atoms with van der Waals surface area (Å²) in [5.74, 6) is 0.489. The SMILES string of the molecule is COC(=O)c1ccc(N)c(NCc2nccn2C)c1. The third kappa shape index (κ3) is 2.85. The summed E-state index contributed by atoms with van der Waals surface area (Å²) >= 11 is 0. The van der Waals surface area contributed by atoms with E-state index in [9.17, 15) is 4.79 Å². The van der Waals surface area contributed by atoms with Crippen LogP contribution in [-0.4, -0.2) is 22.6 Å². The molecule has 19 heavy (non-hydrogen) atoms. The molecule has 0 saturated heterocycles. The van der Waals surface area contributed by atoms with E-state index < -0.39 is 0 Å². The minimum atomic E-state index is -0.389. The largest absolute Gasteiger partial charge is 0.465 e. The molecule has 3 N–H and O–H groups in total. The van der Waals surface area contributed by atoms with Crippen LogP contribution in [0.1, 0.15) is 16.2 Å². The highest BCUT2D eigenvalue weighted by molar-refractivity contribution is 5.91. The van der Waals surface area contributed by atoms with Crippen molar-refractivity contribution in [2.45, 2.75) is 6.54 Å². The molecule has 6 heteroatoms. The number of nitrogens with zero attached hydrogens (tertiary/aromatic N) is 2. The fraction of sp³-hybridized carbons (Fsp3) is 0.231. The molecule has 0 amide bonds. The first-order valence-corrected chi connectivity index (χ1v) is 5.79. The molecule has 1 heterocycles. The van der Waals surface area contributed by atoms with Crippen LogP contribution in [0.4, 0.5) is 11.4 Å². The van der Waals surface area contributed by atoms with Crippen molar-refractivity contribution in [2.24, 2.45) is 7.05 Å². The molecule has 0 aliphatic rings. The molecular weight excluding hydrogens is 244 g/mol. The van der Waals surface area contributed by atoms with Gasteiger partial charge in [0.15, 0.2) is 0 Å². The van der Waals surface area contributed by atoms with Gasteiger partial charge in [-0.2, -0.15) is 0 Å². The molecule has 2 aromatic rings. The third-order valence-corrected chi connectivity index (χ3v) is 2.83. The molecule has 0 spiro atoms. The van der Waals surface area contributed by atoms with E-state index in [1.165, 1.54) is 7.11 Å². The number of hydrogen-bond donors (Lipinski definition) is 2. The molecule has 100 valence electrons. The molecule has 0 aliphatic heterocycles. The monoisotopic (exact) mass is 260 g/mol. The summed E-state index contributed by atoms with van der Waals surface area (Å²) < 4.78 is 6.59. The maximum atomic E-state index is 11.5. The topological polar surface area (TPSA) is 82.2 Å². The van der Waals surface area contributed by atoms with Gasteiger partial charge in [-0.25, -0.2) is 9.78 Å². The average molecular weight is 260 g/mol. The number of nitrogen functional groups attached to an aromatic ring is 1. The van der Waals surface area contributed by atoms with Crippen LogP contribution in [0.3, 0.4) is 0 Å². The van der Waals surface area contributed by atoms with Gasteiger partial charge in [-0.05, 0) is 18.2 Å². The average Bonchev–Trinajstić information content (AvgIpc) is 2.82. The lowest BCUT2D eigenvalue weighted by Gasteiger charge is -2.10. The maximum absolute atomic E-state index is 11.5. The normalized spacial score (nSPS) is 10.2. The molecule has 0 radical (unpaired) electrons. The number of rotatable bonds is 4. The smallest absolute Gasteiger partial charge is 0.337 e. The number of carbonyl (C=O) groups is 1. The fourth-order valence-electron chi connectivity index (χ4n) is 1.70. The van der Waals surface area contributed by atoms with Gasteiger partial charge in [-0.3, -0.25) is 0 Å². The van der Waals surface area contributed by atoms with Crippen LogP contribution in [0, 0.1) is 0 Å². The van der Waals surface area contributed by atoms with Gasteiger partial charge in [-0.15, -0.1) is 0 Å². The third-order valence-electron chi connectivity index (χ3n) is 2.83. The van der Waals surface area contributed by atoms with E-state index in [0.29, 0.717) is 23.5 Å². The van der Waals surface area contributed by atoms with Crippen LogP contribution in [0.15, 0.2) is 30.6 Å². The second-order valence-electron chi connectivity index (χ2n) is 4.10. The molecule has 6 nitrogen and oxygen atoms in total. The number of aryl methyl sites for hydroxylation is 1. The highest BCUT2D eigenvalue weighted by Gasteiger charge is 2.08. The lowest BCUT2D eigenvalue weighted by molar-refractivity contribution is 0.0601. The van der Waals surface area contributed by atoms with Gasteiger partial charge in [0.25, 0.3) is 0 Å². The first kappa shape index (κ1) is 12.9. The van der Waals surface area contributed by atoms with Crippen LogP contribution in [0.2, 0.25) is 0 Å². The number of nitrogens with two attached hydrogens (primary N) is 1. The number of imidazole rings is 1. The first-order chi connectivity index (χ1) is 9.11. The number of anilines is 2. The Balaban J connectivity index is 2.15.